The summed E-state index contributed by atoms with van der Waals surface area (Å²) in [5.74, 6) is -0.0898. The Bertz CT molecular complexity index is 1290. The van der Waals surface area contributed by atoms with Crippen LogP contribution < -0.4 is 5.32 Å². The van der Waals surface area contributed by atoms with Crippen molar-refractivity contribution in [3.8, 4) is 11.1 Å². The van der Waals surface area contributed by atoms with E-state index in [9.17, 15) is 9.59 Å². The fourth-order valence-corrected chi connectivity index (χ4v) is 4.98. The van der Waals surface area contributed by atoms with Gasteiger partial charge in [-0.05, 0) is 18.6 Å². The highest BCUT2D eigenvalue weighted by molar-refractivity contribution is 8.00. The first-order chi connectivity index (χ1) is 16.1. The quantitative estimate of drug-likeness (QED) is 0.213. The molecule has 0 aliphatic carbocycles. The lowest BCUT2D eigenvalue weighted by molar-refractivity contribution is 0.0600. The first-order valence-electron chi connectivity index (χ1n) is 10.1. The molecule has 0 saturated heterocycles. The average Bonchev–Trinajstić information content (AvgIpc) is 3.29. The second-order valence-corrected chi connectivity index (χ2v) is 8.89. The SMILES string of the molecule is CCOC(=O)Nc1nnc(SCc2nc3ccccc3c(-c3ccccc3)c2C(=O)OC)s1. The maximum atomic E-state index is 12.9. The van der Waals surface area contributed by atoms with Crippen molar-refractivity contribution in [2.45, 2.75) is 17.0 Å². The summed E-state index contributed by atoms with van der Waals surface area (Å²) < 4.78 is 10.6. The molecule has 0 aliphatic rings. The van der Waals surface area contributed by atoms with Crippen LogP contribution in [0.15, 0.2) is 58.9 Å². The minimum absolute atomic E-state index is 0.264. The number of pyridine rings is 1. The van der Waals surface area contributed by atoms with Gasteiger partial charge >= 0.3 is 12.1 Å². The fraction of sp³-hybridized carbons (Fsp3) is 0.174. The Balaban J connectivity index is 1.71. The van der Waals surface area contributed by atoms with Crippen molar-refractivity contribution in [1.82, 2.24) is 15.2 Å². The lowest BCUT2D eigenvalue weighted by Gasteiger charge is -2.15. The minimum Gasteiger partial charge on any atom is -0.465 e. The topological polar surface area (TPSA) is 103 Å². The van der Waals surface area contributed by atoms with Crippen LogP contribution in [0.25, 0.3) is 22.0 Å². The number of anilines is 1. The first kappa shape index (κ1) is 22.7. The van der Waals surface area contributed by atoms with Gasteiger partial charge in [0.05, 0.1) is 30.5 Å². The van der Waals surface area contributed by atoms with Gasteiger partial charge in [-0.2, -0.15) is 0 Å². The summed E-state index contributed by atoms with van der Waals surface area (Å²) in [4.78, 5) is 29.3. The lowest BCUT2D eigenvalue weighted by atomic mass is 9.94. The number of amides is 1. The van der Waals surface area contributed by atoms with Gasteiger partial charge in [0.2, 0.25) is 5.13 Å². The number of para-hydroxylation sites is 1. The van der Waals surface area contributed by atoms with E-state index >= 15 is 0 Å². The van der Waals surface area contributed by atoms with E-state index in [0.717, 1.165) is 22.0 Å². The maximum Gasteiger partial charge on any atom is 0.413 e. The van der Waals surface area contributed by atoms with Crippen LogP contribution in [-0.2, 0) is 15.2 Å². The van der Waals surface area contributed by atoms with Crippen LogP contribution in [0, 0.1) is 0 Å². The Morgan fingerprint density at radius 2 is 1.82 bits per heavy atom. The molecule has 4 rings (SSSR count). The van der Waals surface area contributed by atoms with Crippen LogP contribution in [0.4, 0.5) is 9.93 Å². The third-order valence-corrected chi connectivity index (χ3v) is 6.63. The predicted molar refractivity (Wildman–Crippen MR) is 129 cm³/mol. The number of benzene rings is 2. The van der Waals surface area contributed by atoms with E-state index in [4.69, 9.17) is 14.5 Å². The van der Waals surface area contributed by atoms with E-state index in [1.807, 2.05) is 54.6 Å². The number of fused-ring (bicyclic) bond motifs is 1. The van der Waals surface area contributed by atoms with E-state index in [2.05, 4.69) is 15.5 Å². The van der Waals surface area contributed by atoms with Crippen molar-refractivity contribution in [2.24, 2.45) is 0 Å². The second-order valence-electron chi connectivity index (χ2n) is 6.69. The van der Waals surface area contributed by atoms with Gasteiger partial charge in [0, 0.05) is 16.7 Å². The van der Waals surface area contributed by atoms with E-state index < -0.39 is 12.1 Å². The highest BCUT2D eigenvalue weighted by atomic mass is 32.2. The molecule has 10 heteroatoms. The summed E-state index contributed by atoms with van der Waals surface area (Å²) >= 11 is 2.59. The van der Waals surface area contributed by atoms with Gasteiger partial charge < -0.3 is 9.47 Å². The van der Waals surface area contributed by atoms with Crippen LogP contribution >= 0.6 is 23.1 Å². The Labute approximate surface area is 198 Å². The Morgan fingerprint density at radius 3 is 2.58 bits per heavy atom. The number of nitrogens with one attached hydrogen (secondary N) is 1. The van der Waals surface area contributed by atoms with E-state index in [1.54, 1.807) is 6.92 Å². The zero-order valence-electron chi connectivity index (χ0n) is 17.9. The molecule has 2 heterocycles. The summed E-state index contributed by atoms with van der Waals surface area (Å²) in [5.41, 5.74) is 3.47. The molecule has 0 aliphatic heterocycles. The maximum absolute atomic E-state index is 12.9. The molecule has 0 unspecified atom stereocenters. The van der Waals surface area contributed by atoms with Gasteiger partial charge in [0.1, 0.15) is 0 Å². The van der Waals surface area contributed by atoms with Crippen LogP contribution in [0.3, 0.4) is 0 Å². The summed E-state index contributed by atoms with van der Waals surface area (Å²) in [6.45, 7) is 1.99. The normalized spacial score (nSPS) is 10.7. The van der Waals surface area contributed by atoms with E-state index in [0.29, 0.717) is 26.5 Å². The van der Waals surface area contributed by atoms with Crippen LogP contribution in [-0.4, -0.2) is 41.0 Å². The van der Waals surface area contributed by atoms with Crippen molar-refractivity contribution < 1.29 is 19.1 Å². The molecule has 168 valence electrons. The fourth-order valence-electron chi connectivity index (χ4n) is 3.30. The molecule has 0 spiro atoms. The summed E-state index contributed by atoms with van der Waals surface area (Å²) in [6, 6.07) is 17.4. The largest absolute Gasteiger partial charge is 0.465 e. The van der Waals surface area contributed by atoms with E-state index in [1.165, 1.54) is 30.2 Å². The molecule has 0 fully saturated rings. The smallest absolute Gasteiger partial charge is 0.413 e. The van der Waals surface area contributed by atoms with Crippen LogP contribution in [0.2, 0.25) is 0 Å². The molecule has 2 aromatic carbocycles. The van der Waals surface area contributed by atoms with Gasteiger partial charge in [-0.25, -0.2) is 9.59 Å². The third-order valence-electron chi connectivity index (χ3n) is 4.64. The number of carbonyl (C=O) groups excluding carboxylic acids is 2. The van der Waals surface area contributed by atoms with E-state index in [-0.39, 0.29) is 6.61 Å². The minimum atomic E-state index is -0.582. The summed E-state index contributed by atoms with van der Waals surface area (Å²) in [6.07, 6.45) is -0.582. The number of hydrogen-bond donors (Lipinski definition) is 1. The third kappa shape index (κ3) is 5.12. The average molecular weight is 481 g/mol. The molecule has 0 bridgehead atoms. The molecule has 0 saturated carbocycles. The van der Waals surface area contributed by atoms with Gasteiger partial charge in [-0.3, -0.25) is 10.3 Å². The molecule has 0 radical (unpaired) electrons. The Morgan fingerprint density at radius 1 is 1.06 bits per heavy atom. The molecule has 4 aromatic rings. The highest BCUT2D eigenvalue weighted by Gasteiger charge is 2.23. The van der Waals surface area contributed by atoms with Crippen LogP contribution in [0.5, 0.6) is 0 Å². The molecular formula is C23H20N4O4S2. The zero-order valence-corrected chi connectivity index (χ0v) is 19.5. The molecule has 2 aromatic heterocycles. The number of carbonyl (C=O) groups is 2. The van der Waals surface area contributed by atoms with Gasteiger partial charge in [-0.1, -0.05) is 71.6 Å². The number of esters is 1. The highest BCUT2D eigenvalue weighted by Crippen LogP contribution is 2.36. The Kier molecular flexibility index (Phi) is 7.16. The monoisotopic (exact) mass is 480 g/mol. The van der Waals surface area contributed by atoms with Crippen molar-refractivity contribution >= 4 is 51.2 Å². The van der Waals surface area contributed by atoms with Crippen molar-refractivity contribution in [1.29, 1.82) is 0 Å². The summed E-state index contributed by atoms with van der Waals surface area (Å²) in [5, 5.41) is 11.8. The second kappa shape index (κ2) is 10.4. The zero-order chi connectivity index (χ0) is 23.2. The van der Waals surface area contributed by atoms with Crippen molar-refractivity contribution in [3.63, 3.8) is 0 Å². The number of rotatable bonds is 7. The van der Waals surface area contributed by atoms with Gasteiger partial charge in [-0.15, -0.1) is 10.2 Å². The number of thioether (sulfide) groups is 1. The van der Waals surface area contributed by atoms with Crippen LogP contribution in [0.1, 0.15) is 23.0 Å². The molecule has 8 nitrogen and oxygen atoms in total. The number of ether oxygens (including phenoxy) is 2. The number of hydrogen-bond acceptors (Lipinski definition) is 9. The first-order valence-corrected chi connectivity index (χ1v) is 11.9. The van der Waals surface area contributed by atoms with Crippen molar-refractivity contribution in [2.75, 3.05) is 19.0 Å². The molecule has 0 atom stereocenters. The van der Waals surface area contributed by atoms with Crippen molar-refractivity contribution in [3.05, 3.63) is 65.9 Å². The number of methoxy groups -OCH3 is 1. The van der Waals surface area contributed by atoms with Gasteiger partial charge in [0.25, 0.3) is 0 Å². The molecule has 1 N–H and O–H groups in total. The Hall–Kier alpha value is -3.50. The number of aromatic nitrogens is 3. The molecule has 33 heavy (non-hydrogen) atoms. The standard InChI is InChI=1S/C23H20N4O4S2/c1-3-31-22(29)25-21-26-27-23(33-21)32-13-17-19(20(28)30-2)18(14-9-5-4-6-10-14)15-11-7-8-12-16(15)24-17/h4-12H,3,13H2,1-2H3,(H,25,26,29). The molecular weight excluding hydrogens is 460 g/mol. The predicted octanol–water partition coefficient (Wildman–Crippen LogP) is 5.40. The van der Waals surface area contributed by atoms with Gasteiger partial charge in [0.15, 0.2) is 4.34 Å². The molecule has 1 amide bonds. The number of nitrogens with zero attached hydrogens (tertiary/aromatic N) is 3. The summed E-state index contributed by atoms with van der Waals surface area (Å²) in [7, 11) is 1.36. The lowest BCUT2D eigenvalue weighted by Crippen LogP contribution is -2.12.